The third-order valence-corrected chi connectivity index (χ3v) is 7.20. The van der Waals surface area contributed by atoms with E-state index in [1.165, 1.54) is 49.0 Å². The third-order valence-electron chi connectivity index (χ3n) is 7.20. The van der Waals surface area contributed by atoms with Crippen molar-refractivity contribution in [1.82, 2.24) is 0 Å². The quantitative estimate of drug-likeness (QED) is 0.623. The summed E-state index contributed by atoms with van der Waals surface area (Å²) in [6.07, 6.45) is 7.72. The first-order chi connectivity index (χ1) is 11.3. The van der Waals surface area contributed by atoms with Gasteiger partial charge in [0.05, 0.1) is 7.11 Å². The molecule has 1 nitrogen and oxygen atoms in total. The summed E-state index contributed by atoms with van der Waals surface area (Å²) >= 11 is 0. The molecule has 1 fully saturated rings. The predicted octanol–water partition coefficient (Wildman–Crippen LogP) is 6.41. The van der Waals surface area contributed by atoms with Crippen LogP contribution in [0.25, 0.3) is 0 Å². The molecular weight excluding hydrogens is 292 g/mol. The number of benzene rings is 1. The Hall–Kier alpha value is -0.980. The third kappa shape index (κ3) is 2.50. The maximum atomic E-state index is 5.90. The molecule has 0 bridgehead atoms. The highest BCUT2D eigenvalue weighted by atomic mass is 16.5. The zero-order chi connectivity index (χ0) is 17.7. The number of aryl methyl sites for hydroxylation is 1. The van der Waals surface area contributed by atoms with Crippen molar-refractivity contribution in [3.8, 4) is 5.75 Å². The lowest BCUT2D eigenvalue weighted by Crippen LogP contribution is -2.48. The van der Waals surface area contributed by atoms with Crippen molar-refractivity contribution in [1.29, 1.82) is 0 Å². The first kappa shape index (κ1) is 17.8. The number of rotatable bonds is 3. The Morgan fingerprint density at radius 3 is 2.50 bits per heavy atom. The van der Waals surface area contributed by atoms with Gasteiger partial charge in [-0.05, 0) is 71.5 Å². The lowest BCUT2D eigenvalue weighted by molar-refractivity contribution is 0.0404. The first-order valence-electron chi connectivity index (χ1n) is 9.99. The van der Waals surface area contributed by atoms with Crippen LogP contribution in [-0.2, 0) is 18.3 Å². The molecule has 0 aromatic heterocycles. The van der Waals surface area contributed by atoms with Crippen LogP contribution in [0.4, 0.5) is 0 Å². The molecule has 0 amide bonds. The minimum Gasteiger partial charge on any atom is -0.496 e. The van der Waals surface area contributed by atoms with Gasteiger partial charge in [-0.2, -0.15) is 0 Å². The average Bonchev–Trinajstić information content (AvgIpc) is 2.51. The summed E-state index contributed by atoms with van der Waals surface area (Å²) in [5.41, 5.74) is 6.99. The summed E-state index contributed by atoms with van der Waals surface area (Å²) in [6.45, 7) is 14.5. The number of methoxy groups -OCH3 is 1. The van der Waals surface area contributed by atoms with Gasteiger partial charge in [-0.15, -0.1) is 0 Å². The van der Waals surface area contributed by atoms with Gasteiger partial charge in [0.1, 0.15) is 5.75 Å². The number of fused-ring (bicyclic) bond motifs is 3. The Labute approximate surface area is 149 Å². The van der Waals surface area contributed by atoms with Crippen LogP contribution in [0.1, 0.15) is 95.4 Å². The summed E-state index contributed by atoms with van der Waals surface area (Å²) < 4.78 is 5.90. The van der Waals surface area contributed by atoms with Crippen LogP contribution in [-0.4, -0.2) is 7.11 Å². The highest BCUT2D eigenvalue weighted by Gasteiger charge is 2.50. The van der Waals surface area contributed by atoms with Crippen molar-refractivity contribution in [3.63, 3.8) is 0 Å². The monoisotopic (exact) mass is 328 g/mol. The first-order valence-corrected chi connectivity index (χ1v) is 9.99. The van der Waals surface area contributed by atoms with Crippen molar-refractivity contribution >= 4 is 0 Å². The molecule has 0 aliphatic heterocycles. The van der Waals surface area contributed by atoms with Gasteiger partial charge in [-0.3, -0.25) is 0 Å². The van der Waals surface area contributed by atoms with Gasteiger partial charge in [0, 0.05) is 5.56 Å². The van der Waals surface area contributed by atoms with Gasteiger partial charge < -0.3 is 4.74 Å². The molecule has 0 saturated heterocycles. The van der Waals surface area contributed by atoms with E-state index in [1.807, 2.05) is 7.11 Å². The van der Waals surface area contributed by atoms with Crippen molar-refractivity contribution in [2.75, 3.05) is 7.11 Å². The van der Waals surface area contributed by atoms with Crippen LogP contribution in [0.3, 0.4) is 0 Å². The van der Waals surface area contributed by atoms with Gasteiger partial charge in [0.2, 0.25) is 0 Å². The van der Waals surface area contributed by atoms with E-state index in [2.05, 4.69) is 47.6 Å². The Morgan fingerprint density at radius 2 is 1.92 bits per heavy atom. The topological polar surface area (TPSA) is 9.23 Å². The highest BCUT2D eigenvalue weighted by molar-refractivity contribution is 5.56. The molecular formula is C23H36O. The maximum Gasteiger partial charge on any atom is 0.125 e. The lowest BCUT2D eigenvalue weighted by Gasteiger charge is -2.55. The fourth-order valence-electron chi connectivity index (χ4n) is 6.12. The Bertz CT molecular complexity index is 625. The van der Waals surface area contributed by atoms with Crippen molar-refractivity contribution < 1.29 is 4.74 Å². The van der Waals surface area contributed by atoms with Crippen LogP contribution in [0.2, 0.25) is 0 Å². The van der Waals surface area contributed by atoms with Crippen LogP contribution in [0.15, 0.2) is 6.07 Å². The van der Waals surface area contributed by atoms with Crippen molar-refractivity contribution in [2.45, 2.75) is 91.4 Å². The molecule has 2 aliphatic carbocycles. The summed E-state index contributed by atoms with van der Waals surface area (Å²) in [4.78, 5) is 0. The van der Waals surface area contributed by atoms with Gasteiger partial charge >= 0.3 is 0 Å². The molecule has 2 atom stereocenters. The van der Waals surface area contributed by atoms with Gasteiger partial charge in [0.15, 0.2) is 0 Å². The molecule has 0 N–H and O–H groups in total. The molecule has 0 spiro atoms. The zero-order valence-electron chi connectivity index (χ0n) is 16.9. The van der Waals surface area contributed by atoms with Gasteiger partial charge in [-0.1, -0.05) is 54.0 Å². The largest absolute Gasteiger partial charge is 0.496 e. The fraction of sp³-hybridized carbons (Fsp3) is 0.739. The van der Waals surface area contributed by atoms with E-state index in [0.717, 1.165) is 12.3 Å². The summed E-state index contributed by atoms with van der Waals surface area (Å²) in [7, 11) is 1.85. The summed E-state index contributed by atoms with van der Waals surface area (Å²) in [5.74, 6) is 2.50. The van der Waals surface area contributed by atoms with Crippen LogP contribution in [0.5, 0.6) is 5.75 Å². The zero-order valence-corrected chi connectivity index (χ0v) is 16.9. The van der Waals surface area contributed by atoms with E-state index in [1.54, 1.807) is 11.1 Å². The molecule has 1 aromatic carbocycles. The van der Waals surface area contributed by atoms with E-state index in [9.17, 15) is 0 Å². The smallest absolute Gasteiger partial charge is 0.125 e. The van der Waals surface area contributed by atoms with E-state index < -0.39 is 0 Å². The summed E-state index contributed by atoms with van der Waals surface area (Å²) in [6, 6.07) is 2.52. The molecule has 0 radical (unpaired) electrons. The highest BCUT2D eigenvalue weighted by Crippen LogP contribution is 2.58. The predicted molar refractivity (Wildman–Crippen MR) is 103 cm³/mol. The molecule has 2 aliphatic rings. The van der Waals surface area contributed by atoms with Crippen LogP contribution >= 0.6 is 0 Å². The van der Waals surface area contributed by atoms with E-state index >= 15 is 0 Å². The standard InChI is InChI=1S/C23H36O/c1-8-16-14-18-17(20(15(2)3)21(16)24-7)10-11-19-22(4,5)12-9-13-23(18,19)6/h14-15,19H,8-13H2,1-7H3/t19-,23+/m0/s1. The van der Waals surface area contributed by atoms with Crippen molar-refractivity contribution in [3.05, 3.63) is 28.3 Å². The number of hydrogen-bond donors (Lipinski definition) is 0. The second-order valence-electron chi connectivity index (χ2n) is 9.37. The fourth-order valence-corrected chi connectivity index (χ4v) is 6.12. The van der Waals surface area contributed by atoms with Gasteiger partial charge in [-0.25, -0.2) is 0 Å². The molecule has 1 heteroatoms. The minimum absolute atomic E-state index is 0.342. The Kier molecular flexibility index (Phi) is 4.51. The molecule has 0 unspecified atom stereocenters. The molecule has 1 aromatic rings. The van der Waals surface area contributed by atoms with Crippen LogP contribution < -0.4 is 4.74 Å². The molecule has 134 valence electrons. The second kappa shape index (κ2) is 6.07. The minimum atomic E-state index is 0.342. The van der Waals surface area contributed by atoms with E-state index in [4.69, 9.17) is 4.74 Å². The SMILES string of the molecule is CCc1cc2c(c(C(C)C)c1OC)CC[C@H]1C(C)(C)CCC[C@]21C. The normalized spacial score (nSPS) is 28.4. The molecule has 24 heavy (non-hydrogen) atoms. The van der Waals surface area contributed by atoms with Gasteiger partial charge in [0.25, 0.3) is 0 Å². The molecule has 3 rings (SSSR count). The maximum absolute atomic E-state index is 5.90. The Morgan fingerprint density at radius 1 is 1.21 bits per heavy atom. The van der Waals surface area contributed by atoms with Crippen LogP contribution in [0, 0.1) is 11.3 Å². The second-order valence-corrected chi connectivity index (χ2v) is 9.37. The Balaban J connectivity index is 2.25. The molecule has 1 saturated carbocycles. The summed E-state index contributed by atoms with van der Waals surface area (Å²) in [5, 5.41) is 0. The lowest BCUT2D eigenvalue weighted by atomic mass is 9.50. The average molecular weight is 329 g/mol. The molecule has 0 heterocycles. The van der Waals surface area contributed by atoms with E-state index in [-0.39, 0.29) is 0 Å². The van der Waals surface area contributed by atoms with Crippen molar-refractivity contribution in [2.24, 2.45) is 11.3 Å². The van der Waals surface area contributed by atoms with E-state index in [0.29, 0.717) is 16.7 Å². The number of ether oxygens (including phenoxy) is 1. The number of hydrogen-bond acceptors (Lipinski definition) is 1.